The summed E-state index contributed by atoms with van der Waals surface area (Å²) in [6, 6.07) is 7.83. The number of hydrogen-bond acceptors (Lipinski definition) is 1. The zero-order valence-corrected chi connectivity index (χ0v) is 11.1. The molecule has 1 aromatic carbocycles. The molecule has 0 bridgehead atoms. The van der Waals surface area contributed by atoms with Gasteiger partial charge in [-0.05, 0) is 37.5 Å². The number of benzene rings is 1. The SMILES string of the molecule is Cc1ccc(-n2[nH]c(=O)cc2C2CC2)cc1Br. The highest BCUT2D eigenvalue weighted by Gasteiger charge is 2.27. The predicted molar refractivity (Wildman–Crippen MR) is 70.8 cm³/mol. The number of nitrogens with one attached hydrogen (secondary N) is 1. The highest BCUT2D eigenvalue weighted by atomic mass is 79.9. The van der Waals surface area contributed by atoms with E-state index >= 15 is 0 Å². The minimum Gasteiger partial charge on any atom is -0.268 e. The standard InChI is InChI=1S/C13H13BrN2O/c1-8-2-5-10(6-11(8)14)16-12(9-3-4-9)7-13(17)15-16/h2,5-7,9H,3-4H2,1H3,(H,15,17). The van der Waals surface area contributed by atoms with Crippen molar-refractivity contribution in [1.29, 1.82) is 0 Å². The Kier molecular flexibility index (Phi) is 2.47. The molecule has 4 heteroatoms. The Hall–Kier alpha value is -1.29. The minimum atomic E-state index is -0.0244. The number of hydrogen-bond donors (Lipinski definition) is 1. The Morgan fingerprint density at radius 3 is 2.76 bits per heavy atom. The number of nitrogens with zero attached hydrogens (tertiary/aromatic N) is 1. The van der Waals surface area contributed by atoms with Crippen LogP contribution in [0.1, 0.15) is 30.0 Å². The minimum absolute atomic E-state index is 0.0244. The summed E-state index contributed by atoms with van der Waals surface area (Å²) in [6.07, 6.45) is 2.37. The van der Waals surface area contributed by atoms with Crippen LogP contribution in [0.4, 0.5) is 0 Å². The molecule has 0 unspecified atom stereocenters. The van der Waals surface area contributed by atoms with Crippen LogP contribution >= 0.6 is 15.9 Å². The first-order chi connectivity index (χ1) is 8.15. The van der Waals surface area contributed by atoms with Crippen molar-refractivity contribution in [2.45, 2.75) is 25.7 Å². The summed E-state index contributed by atoms with van der Waals surface area (Å²) in [4.78, 5) is 11.5. The molecule has 1 aliphatic rings. The number of halogens is 1. The number of aromatic nitrogens is 2. The molecule has 17 heavy (non-hydrogen) atoms. The second kappa shape index (κ2) is 3.88. The smallest absolute Gasteiger partial charge is 0.264 e. The molecule has 88 valence electrons. The van der Waals surface area contributed by atoms with E-state index in [9.17, 15) is 4.79 Å². The zero-order chi connectivity index (χ0) is 12.0. The van der Waals surface area contributed by atoms with E-state index in [1.54, 1.807) is 6.07 Å². The van der Waals surface area contributed by atoms with E-state index in [-0.39, 0.29) is 5.56 Å². The van der Waals surface area contributed by atoms with Gasteiger partial charge in [-0.1, -0.05) is 22.0 Å². The summed E-state index contributed by atoms with van der Waals surface area (Å²) in [7, 11) is 0. The maximum absolute atomic E-state index is 11.5. The molecule has 1 heterocycles. The molecule has 1 aliphatic carbocycles. The molecule has 0 atom stereocenters. The zero-order valence-electron chi connectivity index (χ0n) is 9.53. The predicted octanol–water partition coefficient (Wildman–Crippen LogP) is 3.11. The van der Waals surface area contributed by atoms with Gasteiger partial charge in [0, 0.05) is 22.2 Å². The van der Waals surface area contributed by atoms with E-state index in [1.165, 1.54) is 18.4 Å². The molecule has 1 fully saturated rings. The molecule has 0 spiro atoms. The Bertz CT molecular complexity index is 623. The molecular weight excluding hydrogens is 280 g/mol. The molecule has 0 aliphatic heterocycles. The van der Waals surface area contributed by atoms with Crippen LogP contribution in [-0.4, -0.2) is 9.78 Å². The lowest BCUT2D eigenvalue weighted by atomic mass is 10.2. The van der Waals surface area contributed by atoms with Crippen molar-refractivity contribution >= 4 is 15.9 Å². The molecule has 0 amide bonds. The van der Waals surface area contributed by atoms with E-state index in [2.05, 4.69) is 27.1 Å². The lowest BCUT2D eigenvalue weighted by Gasteiger charge is -2.09. The van der Waals surface area contributed by atoms with E-state index < -0.39 is 0 Å². The van der Waals surface area contributed by atoms with Gasteiger partial charge in [0.15, 0.2) is 0 Å². The summed E-state index contributed by atoms with van der Waals surface area (Å²) in [5.74, 6) is 0.550. The first kappa shape index (κ1) is 10.8. The van der Waals surface area contributed by atoms with Crippen LogP contribution in [0.15, 0.2) is 33.5 Å². The van der Waals surface area contributed by atoms with Gasteiger partial charge in [0.25, 0.3) is 5.56 Å². The summed E-state index contributed by atoms with van der Waals surface area (Å²) < 4.78 is 2.97. The molecule has 1 N–H and O–H groups in total. The van der Waals surface area contributed by atoms with Gasteiger partial charge < -0.3 is 0 Å². The van der Waals surface area contributed by atoms with Gasteiger partial charge in [-0.15, -0.1) is 0 Å². The van der Waals surface area contributed by atoms with Crippen LogP contribution in [0.3, 0.4) is 0 Å². The lowest BCUT2D eigenvalue weighted by Crippen LogP contribution is -2.05. The molecule has 3 nitrogen and oxygen atoms in total. The van der Waals surface area contributed by atoms with Gasteiger partial charge in [-0.3, -0.25) is 14.6 Å². The fourth-order valence-electron chi connectivity index (χ4n) is 2.02. The Morgan fingerprint density at radius 1 is 1.35 bits per heavy atom. The van der Waals surface area contributed by atoms with Crippen molar-refractivity contribution in [1.82, 2.24) is 9.78 Å². The molecule has 3 rings (SSSR count). The Labute approximate surface area is 108 Å². The Balaban J connectivity index is 2.13. The molecule has 1 aromatic heterocycles. The average Bonchev–Trinajstić information content (AvgIpc) is 3.06. The maximum atomic E-state index is 11.5. The average molecular weight is 293 g/mol. The van der Waals surface area contributed by atoms with Gasteiger partial charge in [-0.2, -0.15) is 0 Å². The third-order valence-electron chi connectivity index (χ3n) is 3.17. The van der Waals surface area contributed by atoms with Crippen molar-refractivity contribution < 1.29 is 0 Å². The Morgan fingerprint density at radius 2 is 2.12 bits per heavy atom. The molecular formula is C13H13BrN2O. The van der Waals surface area contributed by atoms with Crippen molar-refractivity contribution in [2.75, 3.05) is 0 Å². The second-order valence-corrected chi connectivity index (χ2v) is 5.44. The van der Waals surface area contributed by atoms with Crippen LogP contribution < -0.4 is 5.56 Å². The van der Waals surface area contributed by atoms with Crippen LogP contribution in [0.25, 0.3) is 5.69 Å². The van der Waals surface area contributed by atoms with Gasteiger partial charge >= 0.3 is 0 Å². The highest BCUT2D eigenvalue weighted by Crippen LogP contribution is 2.40. The van der Waals surface area contributed by atoms with E-state index in [0.29, 0.717) is 5.92 Å². The normalized spacial score (nSPS) is 15.2. The maximum Gasteiger partial charge on any atom is 0.264 e. The fourth-order valence-corrected chi connectivity index (χ4v) is 2.39. The van der Waals surface area contributed by atoms with E-state index in [0.717, 1.165) is 15.9 Å². The molecule has 2 aromatic rings. The monoisotopic (exact) mass is 292 g/mol. The second-order valence-electron chi connectivity index (χ2n) is 4.59. The first-order valence-corrected chi connectivity index (χ1v) is 6.53. The molecule has 1 saturated carbocycles. The summed E-state index contributed by atoms with van der Waals surface area (Å²) in [5, 5.41) is 2.87. The quantitative estimate of drug-likeness (QED) is 0.907. The van der Waals surface area contributed by atoms with Gasteiger partial charge in [0.2, 0.25) is 0 Å². The van der Waals surface area contributed by atoms with E-state index in [1.807, 2.05) is 23.7 Å². The number of aryl methyl sites for hydroxylation is 1. The number of aromatic amines is 1. The first-order valence-electron chi connectivity index (χ1n) is 5.73. The number of rotatable bonds is 2. The van der Waals surface area contributed by atoms with Crippen LogP contribution in [0.2, 0.25) is 0 Å². The van der Waals surface area contributed by atoms with Gasteiger partial charge in [0.1, 0.15) is 0 Å². The molecule has 0 saturated heterocycles. The lowest BCUT2D eigenvalue weighted by molar-refractivity contribution is 0.799. The third-order valence-corrected chi connectivity index (χ3v) is 4.02. The van der Waals surface area contributed by atoms with E-state index in [4.69, 9.17) is 0 Å². The molecule has 0 radical (unpaired) electrons. The van der Waals surface area contributed by atoms with Crippen LogP contribution in [-0.2, 0) is 0 Å². The third kappa shape index (κ3) is 1.97. The van der Waals surface area contributed by atoms with Crippen LogP contribution in [0.5, 0.6) is 0 Å². The number of H-pyrrole nitrogens is 1. The van der Waals surface area contributed by atoms with Gasteiger partial charge in [-0.25, -0.2) is 0 Å². The fraction of sp³-hybridized carbons (Fsp3) is 0.308. The van der Waals surface area contributed by atoms with Gasteiger partial charge in [0.05, 0.1) is 5.69 Å². The van der Waals surface area contributed by atoms with Crippen molar-refractivity contribution in [3.8, 4) is 5.69 Å². The van der Waals surface area contributed by atoms with Crippen molar-refractivity contribution in [3.63, 3.8) is 0 Å². The topological polar surface area (TPSA) is 37.8 Å². The summed E-state index contributed by atoms with van der Waals surface area (Å²) in [5.41, 5.74) is 3.28. The summed E-state index contributed by atoms with van der Waals surface area (Å²) in [6.45, 7) is 2.05. The van der Waals surface area contributed by atoms with Crippen molar-refractivity contribution in [2.24, 2.45) is 0 Å². The highest BCUT2D eigenvalue weighted by molar-refractivity contribution is 9.10. The van der Waals surface area contributed by atoms with Crippen molar-refractivity contribution in [3.05, 3.63) is 50.3 Å². The summed E-state index contributed by atoms with van der Waals surface area (Å²) >= 11 is 3.52. The largest absolute Gasteiger partial charge is 0.268 e. The van der Waals surface area contributed by atoms with Crippen LogP contribution in [0, 0.1) is 6.92 Å².